The number of hydrogen-bond donors (Lipinski definition) is 1. The molecule has 32 heavy (non-hydrogen) atoms. The highest BCUT2D eigenvalue weighted by Crippen LogP contribution is 2.33. The Balaban J connectivity index is 2.57. The van der Waals surface area contributed by atoms with Gasteiger partial charge in [-0.15, -0.1) is 0 Å². The zero-order valence-corrected chi connectivity index (χ0v) is 20.1. The molecule has 0 unspecified atom stereocenters. The van der Waals surface area contributed by atoms with Crippen LogP contribution in [0.3, 0.4) is 0 Å². The number of carbonyl (C=O) groups is 1. The number of nitrogens with one attached hydrogen (secondary N) is 1. The van der Waals surface area contributed by atoms with Crippen molar-refractivity contribution in [2.24, 2.45) is 4.99 Å². The third-order valence-corrected chi connectivity index (χ3v) is 5.34. The van der Waals surface area contributed by atoms with Crippen molar-refractivity contribution in [2.45, 2.75) is 65.2 Å². The fourth-order valence-corrected chi connectivity index (χ4v) is 3.32. The van der Waals surface area contributed by atoms with Crippen molar-refractivity contribution in [1.29, 1.82) is 0 Å². The van der Waals surface area contributed by atoms with E-state index in [1.54, 1.807) is 0 Å². The summed E-state index contributed by atoms with van der Waals surface area (Å²) in [5, 5.41) is 5.23. The Bertz CT molecular complexity index is 1020. The fourth-order valence-electron chi connectivity index (χ4n) is 2.34. The predicted molar refractivity (Wildman–Crippen MR) is 116 cm³/mol. The van der Waals surface area contributed by atoms with Crippen LogP contribution in [0, 0.1) is 0 Å². The van der Waals surface area contributed by atoms with Crippen molar-refractivity contribution < 1.29 is 27.5 Å². The summed E-state index contributed by atoms with van der Waals surface area (Å²) < 4.78 is 46.4. The quantitative estimate of drug-likeness (QED) is 0.631. The molecular formula is C21H29F3N4O3S. The number of hydrogen-bond acceptors (Lipinski definition) is 6. The zero-order chi connectivity index (χ0) is 24.3. The molecule has 2 rings (SSSR count). The predicted octanol–water partition coefficient (Wildman–Crippen LogP) is 4.33. The Hall–Kier alpha value is -2.24. The monoisotopic (exact) mass is 474 g/mol. The van der Waals surface area contributed by atoms with Gasteiger partial charge in [-0.1, -0.05) is 32.1 Å². The number of methoxy groups -OCH3 is 1. The van der Waals surface area contributed by atoms with Crippen molar-refractivity contribution in [3.05, 3.63) is 39.1 Å². The van der Waals surface area contributed by atoms with Crippen LogP contribution in [0.4, 0.5) is 13.2 Å². The minimum Gasteiger partial charge on any atom is -0.407 e. The maximum absolute atomic E-state index is 13.3. The molecule has 0 radical (unpaired) electrons. The second kappa shape index (κ2) is 9.72. The first kappa shape index (κ1) is 26.0. The first-order valence-corrected chi connectivity index (χ1v) is 10.7. The second-order valence-electron chi connectivity index (χ2n) is 9.24. The van der Waals surface area contributed by atoms with E-state index in [1.807, 2.05) is 41.5 Å². The SMILES string of the molecule is COCCn1nc(C(C)(C)C)sc1=NC(=O)c1cc(C(F)(F)F)ccc1ONC(C)(C)C. The van der Waals surface area contributed by atoms with E-state index in [0.29, 0.717) is 13.2 Å². The van der Waals surface area contributed by atoms with Gasteiger partial charge < -0.3 is 9.57 Å². The Labute approximate surface area is 189 Å². The fraction of sp³-hybridized carbons (Fsp3) is 0.571. The van der Waals surface area contributed by atoms with Crippen LogP contribution in [0.1, 0.15) is 62.5 Å². The lowest BCUT2D eigenvalue weighted by Gasteiger charge is -2.21. The molecule has 7 nitrogen and oxygen atoms in total. The number of alkyl halides is 3. The average molecular weight is 475 g/mol. The van der Waals surface area contributed by atoms with Crippen LogP contribution in [-0.4, -0.2) is 34.9 Å². The number of amides is 1. The lowest BCUT2D eigenvalue weighted by Crippen LogP contribution is -2.38. The summed E-state index contributed by atoms with van der Waals surface area (Å²) in [7, 11) is 1.54. The summed E-state index contributed by atoms with van der Waals surface area (Å²) in [5.74, 6) is -0.914. The molecule has 0 aliphatic carbocycles. The van der Waals surface area contributed by atoms with E-state index in [1.165, 1.54) is 23.1 Å². The molecule has 1 aromatic carbocycles. The van der Waals surface area contributed by atoms with Gasteiger partial charge in [-0.2, -0.15) is 28.7 Å². The lowest BCUT2D eigenvalue weighted by atomic mass is 9.98. The van der Waals surface area contributed by atoms with Crippen molar-refractivity contribution >= 4 is 17.2 Å². The van der Waals surface area contributed by atoms with Crippen LogP contribution in [-0.2, 0) is 22.9 Å². The van der Waals surface area contributed by atoms with Crippen molar-refractivity contribution in [2.75, 3.05) is 13.7 Å². The van der Waals surface area contributed by atoms with Gasteiger partial charge in [0.1, 0.15) is 5.01 Å². The maximum Gasteiger partial charge on any atom is 0.416 e. The topological polar surface area (TPSA) is 77.7 Å². The Morgan fingerprint density at radius 2 is 1.84 bits per heavy atom. The van der Waals surface area contributed by atoms with E-state index in [9.17, 15) is 18.0 Å². The van der Waals surface area contributed by atoms with E-state index in [4.69, 9.17) is 9.57 Å². The minimum atomic E-state index is -4.62. The maximum atomic E-state index is 13.3. The Kier molecular flexibility index (Phi) is 7.90. The summed E-state index contributed by atoms with van der Waals surface area (Å²) in [6.45, 7) is 12.0. The largest absolute Gasteiger partial charge is 0.416 e. The van der Waals surface area contributed by atoms with Gasteiger partial charge in [0.05, 0.1) is 24.3 Å². The van der Waals surface area contributed by atoms with E-state index < -0.39 is 23.2 Å². The molecule has 0 spiro atoms. The second-order valence-corrected chi connectivity index (χ2v) is 10.2. The number of hydroxylamine groups is 1. The number of benzene rings is 1. The van der Waals surface area contributed by atoms with Gasteiger partial charge in [0.2, 0.25) is 4.80 Å². The molecule has 0 fully saturated rings. The molecule has 0 saturated heterocycles. The molecule has 1 aromatic heterocycles. The summed E-state index contributed by atoms with van der Waals surface area (Å²) in [5.41, 5.74) is 0.649. The molecular weight excluding hydrogens is 445 g/mol. The highest BCUT2D eigenvalue weighted by molar-refractivity contribution is 7.09. The Morgan fingerprint density at radius 3 is 2.38 bits per heavy atom. The molecule has 0 aliphatic heterocycles. The van der Waals surface area contributed by atoms with E-state index in [2.05, 4.69) is 15.6 Å². The molecule has 178 valence electrons. The van der Waals surface area contributed by atoms with Crippen LogP contribution in [0.25, 0.3) is 0 Å². The van der Waals surface area contributed by atoms with Crippen LogP contribution in [0.2, 0.25) is 0 Å². The Morgan fingerprint density at radius 1 is 1.19 bits per heavy atom. The van der Waals surface area contributed by atoms with Gasteiger partial charge in [0.15, 0.2) is 5.75 Å². The molecule has 1 N–H and O–H groups in total. The summed E-state index contributed by atoms with van der Waals surface area (Å²) in [4.78, 5) is 22.8. The smallest absolute Gasteiger partial charge is 0.407 e. The van der Waals surface area contributed by atoms with Crippen molar-refractivity contribution in [3.8, 4) is 5.75 Å². The van der Waals surface area contributed by atoms with Gasteiger partial charge in [-0.25, -0.2) is 4.68 Å². The van der Waals surface area contributed by atoms with E-state index >= 15 is 0 Å². The van der Waals surface area contributed by atoms with Crippen LogP contribution >= 0.6 is 11.3 Å². The number of halogens is 3. The molecule has 0 atom stereocenters. The van der Waals surface area contributed by atoms with E-state index in [-0.39, 0.29) is 21.5 Å². The van der Waals surface area contributed by atoms with Gasteiger partial charge in [0, 0.05) is 18.1 Å². The van der Waals surface area contributed by atoms with Gasteiger partial charge in [-0.05, 0) is 39.0 Å². The number of aromatic nitrogens is 2. The first-order valence-electron chi connectivity index (χ1n) is 9.93. The summed E-state index contributed by atoms with van der Waals surface area (Å²) in [6.07, 6.45) is -4.62. The standard InChI is InChI=1S/C21H29F3N4O3S/c1-19(2,3)17-26-28(10-11-30-7)18(32-17)25-16(29)14-12-13(21(22,23)24)8-9-15(14)31-27-20(4,5)6/h8-9,12,27H,10-11H2,1-7H3. The highest BCUT2D eigenvalue weighted by atomic mass is 32.1. The molecule has 0 saturated carbocycles. The van der Waals surface area contributed by atoms with Crippen molar-refractivity contribution in [1.82, 2.24) is 15.3 Å². The van der Waals surface area contributed by atoms with E-state index in [0.717, 1.165) is 23.2 Å². The van der Waals surface area contributed by atoms with Gasteiger partial charge >= 0.3 is 6.18 Å². The molecule has 0 aliphatic rings. The third kappa shape index (κ3) is 7.14. The number of rotatable bonds is 6. The molecule has 1 amide bonds. The first-order chi connectivity index (χ1) is 14.6. The molecule has 0 bridgehead atoms. The van der Waals surface area contributed by atoms with Crippen LogP contribution in [0.15, 0.2) is 23.2 Å². The molecule has 11 heteroatoms. The molecule has 2 aromatic rings. The highest BCUT2D eigenvalue weighted by Gasteiger charge is 2.32. The molecule has 1 heterocycles. The minimum absolute atomic E-state index is 0.0503. The number of ether oxygens (including phenoxy) is 1. The summed E-state index contributed by atoms with van der Waals surface area (Å²) in [6, 6.07) is 2.72. The zero-order valence-electron chi connectivity index (χ0n) is 19.3. The number of carbonyl (C=O) groups excluding carboxylic acids is 1. The third-order valence-electron chi connectivity index (χ3n) is 3.97. The van der Waals surface area contributed by atoms with Crippen LogP contribution in [0.5, 0.6) is 5.75 Å². The van der Waals surface area contributed by atoms with Gasteiger partial charge in [0.25, 0.3) is 5.91 Å². The normalized spacial score (nSPS) is 13.5. The average Bonchev–Trinajstić information content (AvgIpc) is 3.06. The van der Waals surface area contributed by atoms with Crippen molar-refractivity contribution in [3.63, 3.8) is 0 Å². The van der Waals surface area contributed by atoms with Crippen LogP contribution < -0.4 is 15.1 Å². The van der Waals surface area contributed by atoms with Gasteiger partial charge in [-0.3, -0.25) is 4.79 Å². The summed E-state index contributed by atoms with van der Waals surface area (Å²) >= 11 is 1.20. The lowest BCUT2D eigenvalue weighted by molar-refractivity contribution is -0.137. The number of nitrogens with zero attached hydrogens (tertiary/aromatic N) is 3.